The van der Waals surface area contributed by atoms with Crippen molar-refractivity contribution in [1.82, 2.24) is 4.98 Å². The highest BCUT2D eigenvalue weighted by Gasteiger charge is 2.45. The molecule has 1 aromatic carbocycles. The maximum atomic E-state index is 12.1. The SMILES string of the molecule is CC(=O)OC[C@@H](OC(C)=O)[C@H](OC(C)=O)[C@H](OC(C)=O)[C@@H](OC(C)=O)c1nc2cc(Cl)ccc2s1. The number of carbonyl (C=O) groups excluding carboxylic acids is 5. The molecule has 11 nitrogen and oxygen atoms in total. The molecule has 0 radical (unpaired) electrons. The molecule has 2 aromatic rings. The van der Waals surface area contributed by atoms with E-state index in [2.05, 4.69) is 4.98 Å². The molecule has 1 heterocycles. The summed E-state index contributed by atoms with van der Waals surface area (Å²) in [4.78, 5) is 63.7. The normalized spacial score (nSPS) is 14.2. The lowest BCUT2D eigenvalue weighted by Gasteiger charge is -2.34. The first-order valence-electron chi connectivity index (χ1n) is 10.3. The second-order valence-corrected chi connectivity index (χ2v) is 8.79. The minimum Gasteiger partial charge on any atom is -0.462 e. The Balaban J connectivity index is 2.65. The van der Waals surface area contributed by atoms with Crippen LogP contribution in [0.5, 0.6) is 0 Å². The second kappa shape index (κ2) is 12.5. The molecule has 0 amide bonds. The highest BCUT2D eigenvalue weighted by molar-refractivity contribution is 7.18. The molecular formula is C22H24ClNO10S. The third-order valence-corrected chi connectivity index (χ3v) is 5.60. The first-order chi connectivity index (χ1) is 16.4. The maximum Gasteiger partial charge on any atom is 0.303 e. The molecule has 0 bridgehead atoms. The van der Waals surface area contributed by atoms with Gasteiger partial charge in [0.2, 0.25) is 0 Å². The number of carbonyl (C=O) groups is 5. The van der Waals surface area contributed by atoms with Crippen LogP contribution < -0.4 is 0 Å². The zero-order valence-corrected chi connectivity index (χ0v) is 21.1. The molecule has 190 valence electrons. The van der Waals surface area contributed by atoms with Gasteiger partial charge >= 0.3 is 29.8 Å². The van der Waals surface area contributed by atoms with Crippen LogP contribution in [0.3, 0.4) is 0 Å². The van der Waals surface area contributed by atoms with Crippen LogP contribution in [0.15, 0.2) is 18.2 Å². The standard InChI is InChI=1S/C22H24ClNO10S/c1-10(25)30-9-17(31-11(2)26)19(32-12(3)27)20(33-13(4)28)21(34-14(5)29)22-24-16-8-15(23)6-7-18(16)35-22/h6-8,17,19-21H,9H2,1-5H3/t17-,19+,20+,21-/m1/s1. The van der Waals surface area contributed by atoms with Crippen LogP contribution in [-0.2, 0) is 47.7 Å². The van der Waals surface area contributed by atoms with E-state index < -0.39 is 60.9 Å². The van der Waals surface area contributed by atoms with Gasteiger partial charge in [0.15, 0.2) is 24.4 Å². The number of aromatic nitrogens is 1. The van der Waals surface area contributed by atoms with Crippen LogP contribution in [0.1, 0.15) is 45.7 Å². The average molecular weight is 530 g/mol. The van der Waals surface area contributed by atoms with Crippen molar-refractivity contribution in [3.8, 4) is 0 Å². The van der Waals surface area contributed by atoms with Crippen molar-refractivity contribution in [3.63, 3.8) is 0 Å². The van der Waals surface area contributed by atoms with Crippen molar-refractivity contribution in [2.75, 3.05) is 6.61 Å². The first kappa shape index (κ1) is 28.0. The van der Waals surface area contributed by atoms with Gasteiger partial charge in [-0.05, 0) is 18.2 Å². The molecule has 0 saturated heterocycles. The fraction of sp³-hybridized carbons (Fsp3) is 0.455. The smallest absolute Gasteiger partial charge is 0.303 e. The summed E-state index contributed by atoms with van der Waals surface area (Å²) in [6.45, 7) is 4.98. The minimum absolute atomic E-state index is 0.190. The van der Waals surface area contributed by atoms with Crippen molar-refractivity contribution < 1.29 is 47.7 Å². The Morgan fingerprint density at radius 2 is 1.40 bits per heavy atom. The number of hydrogen-bond donors (Lipinski definition) is 0. The number of esters is 5. The summed E-state index contributed by atoms with van der Waals surface area (Å²) < 4.78 is 27.1. The van der Waals surface area contributed by atoms with Crippen LogP contribution >= 0.6 is 22.9 Å². The van der Waals surface area contributed by atoms with E-state index in [1.54, 1.807) is 18.2 Å². The van der Waals surface area contributed by atoms with Gasteiger partial charge in [0.05, 0.1) is 10.2 Å². The van der Waals surface area contributed by atoms with Gasteiger partial charge in [-0.15, -0.1) is 11.3 Å². The van der Waals surface area contributed by atoms with Crippen molar-refractivity contribution in [3.05, 3.63) is 28.2 Å². The van der Waals surface area contributed by atoms with Gasteiger partial charge in [0.25, 0.3) is 0 Å². The molecule has 2 rings (SSSR count). The van der Waals surface area contributed by atoms with Crippen LogP contribution in [0, 0.1) is 0 Å². The molecule has 0 aliphatic carbocycles. The fourth-order valence-electron chi connectivity index (χ4n) is 3.12. The molecule has 13 heteroatoms. The van der Waals surface area contributed by atoms with Gasteiger partial charge in [-0.2, -0.15) is 0 Å². The Labute approximate surface area is 209 Å². The molecule has 0 spiro atoms. The Kier molecular flexibility index (Phi) is 9.96. The van der Waals surface area contributed by atoms with Gasteiger partial charge in [-0.3, -0.25) is 24.0 Å². The van der Waals surface area contributed by atoms with E-state index in [1.165, 1.54) is 0 Å². The molecule has 0 saturated carbocycles. The summed E-state index contributed by atoms with van der Waals surface area (Å²) in [7, 11) is 0. The van der Waals surface area contributed by atoms with Gasteiger partial charge in [-0.1, -0.05) is 11.6 Å². The summed E-state index contributed by atoms with van der Waals surface area (Å²) in [5.74, 6) is -3.89. The highest BCUT2D eigenvalue weighted by Crippen LogP contribution is 2.35. The lowest BCUT2D eigenvalue weighted by Crippen LogP contribution is -2.50. The van der Waals surface area contributed by atoms with E-state index in [1.807, 2.05) is 0 Å². The first-order valence-corrected chi connectivity index (χ1v) is 11.4. The van der Waals surface area contributed by atoms with Gasteiger partial charge < -0.3 is 23.7 Å². The van der Waals surface area contributed by atoms with E-state index in [-0.39, 0.29) is 5.01 Å². The number of hydrogen-bond acceptors (Lipinski definition) is 12. The Morgan fingerprint density at radius 1 is 0.829 bits per heavy atom. The van der Waals surface area contributed by atoms with E-state index in [4.69, 9.17) is 35.3 Å². The van der Waals surface area contributed by atoms with Crippen molar-refractivity contribution in [2.24, 2.45) is 0 Å². The third-order valence-electron chi connectivity index (χ3n) is 4.26. The molecule has 0 unspecified atom stereocenters. The average Bonchev–Trinajstić information content (AvgIpc) is 3.14. The van der Waals surface area contributed by atoms with E-state index in [0.717, 1.165) is 46.0 Å². The van der Waals surface area contributed by atoms with Gasteiger partial charge in [-0.25, -0.2) is 4.98 Å². The number of benzene rings is 1. The molecule has 0 fully saturated rings. The lowest BCUT2D eigenvalue weighted by molar-refractivity contribution is -0.203. The summed E-state index contributed by atoms with van der Waals surface area (Å²) in [6, 6.07) is 4.94. The maximum absolute atomic E-state index is 12.1. The molecule has 0 aliphatic heterocycles. The highest BCUT2D eigenvalue weighted by atomic mass is 35.5. The van der Waals surface area contributed by atoms with Crippen LogP contribution in [0.2, 0.25) is 5.02 Å². The topological polar surface area (TPSA) is 144 Å². The largest absolute Gasteiger partial charge is 0.462 e. The van der Waals surface area contributed by atoms with E-state index >= 15 is 0 Å². The van der Waals surface area contributed by atoms with Crippen molar-refractivity contribution in [2.45, 2.75) is 59.0 Å². The van der Waals surface area contributed by atoms with Crippen LogP contribution in [-0.4, -0.2) is 59.7 Å². The third kappa shape index (κ3) is 8.48. The number of halogens is 1. The molecule has 1 aromatic heterocycles. The Bertz CT molecular complexity index is 1120. The van der Waals surface area contributed by atoms with Crippen molar-refractivity contribution in [1.29, 1.82) is 0 Å². The lowest BCUT2D eigenvalue weighted by atomic mass is 10.0. The number of nitrogens with zero attached hydrogens (tertiary/aromatic N) is 1. The quantitative estimate of drug-likeness (QED) is 0.331. The number of rotatable bonds is 10. The zero-order chi connectivity index (χ0) is 26.3. The predicted molar refractivity (Wildman–Crippen MR) is 122 cm³/mol. The fourth-order valence-corrected chi connectivity index (χ4v) is 4.30. The Hall–Kier alpha value is -3.25. The number of thiazole rings is 1. The molecular weight excluding hydrogens is 506 g/mol. The van der Waals surface area contributed by atoms with Crippen LogP contribution in [0.25, 0.3) is 10.2 Å². The molecule has 4 atom stereocenters. The van der Waals surface area contributed by atoms with Gasteiger partial charge in [0, 0.05) is 39.6 Å². The zero-order valence-electron chi connectivity index (χ0n) is 19.6. The molecule has 35 heavy (non-hydrogen) atoms. The minimum atomic E-state index is -1.54. The summed E-state index contributed by atoms with van der Waals surface area (Å²) >= 11 is 7.16. The van der Waals surface area contributed by atoms with Gasteiger partial charge in [0.1, 0.15) is 11.6 Å². The van der Waals surface area contributed by atoms with Crippen molar-refractivity contribution >= 4 is 63.0 Å². The summed E-state index contributed by atoms with van der Waals surface area (Å²) in [5, 5.41) is 0.610. The summed E-state index contributed by atoms with van der Waals surface area (Å²) in [6.07, 6.45) is -5.87. The van der Waals surface area contributed by atoms with E-state index in [9.17, 15) is 24.0 Å². The van der Waals surface area contributed by atoms with Crippen LogP contribution in [0.4, 0.5) is 0 Å². The predicted octanol–water partition coefficient (Wildman–Crippen LogP) is 2.91. The monoisotopic (exact) mass is 529 g/mol. The van der Waals surface area contributed by atoms with E-state index in [0.29, 0.717) is 15.2 Å². The summed E-state index contributed by atoms with van der Waals surface area (Å²) in [5.41, 5.74) is 0.483. The number of fused-ring (bicyclic) bond motifs is 1. The molecule has 0 aliphatic rings. The number of ether oxygens (including phenoxy) is 5. The second-order valence-electron chi connectivity index (χ2n) is 7.29. The Morgan fingerprint density at radius 3 is 1.94 bits per heavy atom. The molecule has 0 N–H and O–H groups in total.